The van der Waals surface area contributed by atoms with Crippen LogP contribution in [0, 0.1) is 5.82 Å². The first-order valence-electron chi connectivity index (χ1n) is 5.52. The van der Waals surface area contributed by atoms with Crippen LogP contribution in [0.15, 0.2) is 42.6 Å². The number of carbonyl (C=O) groups is 1. The minimum Gasteiger partial charge on any atom is -0.384 e. The lowest BCUT2D eigenvalue weighted by atomic mass is 10.0. The van der Waals surface area contributed by atoms with Gasteiger partial charge in [-0.3, -0.25) is 5.32 Å². The number of hydrogen-bond donors (Lipinski definition) is 3. The molecule has 0 aliphatic rings. The van der Waals surface area contributed by atoms with Crippen LogP contribution in [-0.2, 0) is 0 Å². The molecule has 6 heteroatoms. The fourth-order valence-corrected chi connectivity index (χ4v) is 1.60. The van der Waals surface area contributed by atoms with E-state index in [0.29, 0.717) is 16.9 Å². The second-order valence-electron chi connectivity index (χ2n) is 3.92. The smallest absolute Gasteiger partial charge is 0.317 e. The summed E-state index contributed by atoms with van der Waals surface area (Å²) in [6.45, 7) is 0. The number of nitrogens with one attached hydrogen (secondary N) is 1. The molecule has 0 saturated carbocycles. The maximum absolute atomic E-state index is 12.8. The molecule has 1 heterocycles. The van der Waals surface area contributed by atoms with Gasteiger partial charge in [-0.05, 0) is 23.8 Å². The molecule has 0 bridgehead atoms. The topological polar surface area (TPSA) is 88.2 Å². The third kappa shape index (κ3) is 3.26. The van der Waals surface area contributed by atoms with Gasteiger partial charge in [-0.25, -0.2) is 14.2 Å². The lowest BCUT2D eigenvalue weighted by Gasteiger charge is -2.11. The van der Waals surface area contributed by atoms with Crippen molar-refractivity contribution in [3.8, 4) is 0 Å². The molecule has 0 spiro atoms. The van der Waals surface area contributed by atoms with E-state index in [1.807, 2.05) is 0 Å². The zero-order valence-corrected chi connectivity index (χ0v) is 9.88. The Balaban J connectivity index is 2.17. The Hall–Kier alpha value is -2.47. The van der Waals surface area contributed by atoms with Gasteiger partial charge >= 0.3 is 6.03 Å². The standard InChI is InChI=1S/C13H12FN3O2/c14-10-4-1-8(2-5-10)12(18)9-3-6-11(16-7-9)17-13(15)19/h1-7,12,18H,(H3,15,16,17,19). The van der Waals surface area contributed by atoms with Gasteiger partial charge in [0.15, 0.2) is 0 Å². The van der Waals surface area contributed by atoms with Crippen molar-refractivity contribution in [2.24, 2.45) is 5.73 Å². The number of nitrogens with zero attached hydrogens (tertiary/aromatic N) is 1. The molecule has 0 aliphatic carbocycles. The van der Waals surface area contributed by atoms with Crippen LogP contribution in [0.3, 0.4) is 0 Å². The molecule has 1 aromatic heterocycles. The van der Waals surface area contributed by atoms with Crippen LogP contribution in [0.1, 0.15) is 17.2 Å². The molecule has 1 unspecified atom stereocenters. The summed E-state index contributed by atoms with van der Waals surface area (Å²) in [5.41, 5.74) is 6.04. The number of amides is 2. The maximum atomic E-state index is 12.8. The molecular weight excluding hydrogens is 249 g/mol. The number of aliphatic hydroxyl groups excluding tert-OH is 1. The lowest BCUT2D eigenvalue weighted by molar-refractivity contribution is 0.220. The summed E-state index contributed by atoms with van der Waals surface area (Å²) >= 11 is 0. The summed E-state index contributed by atoms with van der Waals surface area (Å²) in [5, 5.41) is 12.4. The van der Waals surface area contributed by atoms with E-state index in [1.165, 1.54) is 36.5 Å². The van der Waals surface area contributed by atoms with Crippen molar-refractivity contribution in [3.63, 3.8) is 0 Å². The van der Waals surface area contributed by atoms with Gasteiger partial charge in [-0.1, -0.05) is 18.2 Å². The summed E-state index contributed by atoms with van der Waals surface area (Å²) in [6.07, 6.45) is 0.509. The number of primary amides is 1. The molecular formula is C13H12FN3O2. The van der Waals surface area contributed by atoms with E-state index in [-0.39, 0.29) is 5.82 Å². The molecule has 0 aliphatic heterocycles. The van der Waals surface area contributed by atoms with Crippen molar-refractivity contribution < 1.29 is 14.3 Å². The van der Waals surface area contributed by atoms with Crippen molar-refractivity contribution in [3.05, 3.63) is 59.5 Å². The number of anilines is 1. The van der Waals surface area contributed by atoms with E-state index in [0.717, 1.165) is 0 Å². The molecule has 5 nitrogen and oxygen atoms in total. The number of benzene rings is 1. The Morgan fingerprint density at radius 2 is 1.84 bits per heavy atom. The van der Waals surface area contributed by atoms with Gasteiger partial charge in [0.05, 0.1) is 0 Å². The fourth-order valence-electron chi connectivity index (χ4n) is 1.60. The highest BCUT2D eigenvalue weighted by Crippen LogP contribution is 2.22. The molecule has 1 atom stereocenters. The van der Waals surface area contributed by atoms with Crippen LogP contribution in [0.5, 0.6) is 0 Å². The Morgan fingerprint density at radius 1 is 1.21 bits per heavy atom. The average Bonchev–Trinajstić information content (AvgIpc) is 2.39. The van der Waals surface area contributed by atoms with Crippen molar-refractivity contribution in [2.45, 2.75) is 6.10 Å². The van der Waals surface area contributed by atoms with Crippen molar-refractivity contribution in [1.29, 1.82) is 0 Å². The highest BCUT2D eigenvalue weighted by Gasteiger charge is 2.11. The van der Waals surface area contributed by atoms with Crippen molar-refractivity contribution in [1.82, 2.24) is 4.98 Å². The number of hydrogen-bond acceptors (Lipinski definition) is 3. The highest BCUT2D eigenvalue weighted by atomic mass is 19.1. The fraction of sp³-hybridized carbons (Fsp3) is 0.0769. The molecule has 4 N–H and O–H groups in total. The summed E-state index contributed by atoms with van der Waals surface area (Å²) in [6, 6.07) is 7.95. The Labute approximate surface area is 108 Å². The molecule has 1 aromatic carbocycles. The van der Waals surface area contributed by atoms with Gasteiger partial charge < -0.3 is 10.8 Å². The van der Waals surface area contributed by atoms with Crippen LogP contribution in [0.2, 0.25) is 0 Å². The normalized spacial score (nSPS) is 11.9. The number of urea groups is 1. The first-order valence-corrected chi connectivity index (χ1v) is 5.52. The van der Waals surface area contributed by atoms with E-state index in [1.54, 1.807) is 6.07 Å². The molecule has 2 aromatic rings. The van der Waals surface area contributed by atoms with Crippen LogP contribution < -0.4 is 11.1 Å². The second kappa shape index (κ2) is 5.45. The number of rotatable bonds is 3. The molecule has 98 valence electrons. The average molecular weight is 261 g/mol. The number of aliphatic hydroxyl groups is 1. The van der Waals surface area contributed by atoms with E-state index in [9.17, 15) is 14.3 Å². The molecule has 0 fully saturated rings. The predicted molar refractivity (Wildman–Crippen MR) is 67.9 cm³/mol. The zero-order chi connectivity index (χ0) is 13.8. The summed E-state index contributed by atoms with van der Waals surface area (Å²) in [7, 11) is 0. The first-order chi connectivity index (χ1) is 9.06. The van der Waals surface area contributed by atoms with Gasteiger partial charge in [-0.2, -0.15) is 0 Å². The second-order valence-corrected chi connectivity index (χ2v) is 3.92. The van der Waals surface area contributed by atoms with Crippen LogP contribution in [-0.4, -0.2) is 16.1 Å². The van der Waals surface area contributed by atoms with Crippen LogP contribution in [0.25, 0.3) is 0 Å². The lowest BCUT2D eigenvalue weighted by Crippen LogP contribution is -2.20. The summed E-state index contributed by atoms with van der Waals surface area (Å²) in [5.74, 6) is -0.0716. The Kier molecular flexibility index (Phi) is 3.72. The predicted octanol–water partition coefficient (Wildman–Crippen LogP) is 1.79. The van der Waals surface area contributed by atoms with Gasteiger partial charge in [0, 0.05) is 11.8 Å². The number of pyridine rings is 1. The van der Waals surface area contributed by atoms with Crippen molar-refractivity contribution >= 4 is 11.8 Å². The number of nitrogens with two attached hydrogens (primary N) is 1. The largest absolute Gasteiger partial charge is 0.384 e. The molecule has 2 amide bonds. The number of carbonyl (C=O) groups excluding carboxylic acids is 1. The maximum Gasteiger partial charge on any atom is 0.317 e. The molecule has 2 rings (SSSR count). The first kappa shape index (κ1) is 13.0. The minimum atomic E-state index is -0.907. The molecule has 19 heavy (non-hydrogen) atoms. The highest BCUT2D eigenvalue weighted by molar-refractivity contribution is 5.86. The van der Waals surface area contributed by atoms with E-state index in [4.69, 9.17) is 5.73 Å². The van der Waals surface area contributed by atoms with Gasteiger partial charge in [0.25, 0.3) is 0 Å². The SMILES string of the molecule is NC(=O)Nc1ccc(C(O)c2ccc(F)cc2)cn1. The van der Waals surface area contributed by atoms with Crippen LogP contribution in [0.4, 0.5) is 15.0 Å². The van der Waals surface area contributed by atoms with E-state index < -0.39 is 12.1 Å². The third-order valence-corrected chi connectivity index (χ3v) is 2.54. The molecule has 0 saturated heterocycles. The van der Waals surface area contributed by atoms with E-state index in [2.05, 4.69) is 10.3 Å². The number of halogens is 1. The van der Waals surface area contributed by atoms with Gasteiger partial charge in [0.2, 0.25) is 0 Å². The van der Waals surface area contributed by atoms with E-state index >= 15 is 0 Å². The quantitative estimate of drug-likeness (QED) is 0.787. The Morgan fingerprint density at radius 3 is 2.37 bits per heavy atom. The third-order valence-electron chi connectivity index (χ3n) is 2.54. The summed E-state index contributed by atoms with van der Waals surface area (Å²) < 4.78 is 12.8. The van der Waals surface area contributed by atoms with Crippen LogP contribution >= 0.6 is 0 Å². The van der Waals surface area contributed by atoms with Crippen molar-refractivity contribution in [2.75, 3.05) is 5.32 Å². The summed E-state index contributed by atoms with van der Waals surface area (Å²) in [4.78, 5) is 14.6. The monoisotopic (exact) mass is 261 g/mol. The number of aromatic nitrogens is 1. The minimum absolute atomic E-state index is 0.294. The zero-order valence-electron chi connectivity index (χ0n) is 9.88. The molecule has 0 radical (unpaired) electrons. The van der Waals surface area contributed by atoms with Gasteiger partial charge in [0.1, 0.15) is 17.7 Å². The Bertz CT molecular complexity index is 569. The van der Waals surface area contributed by atoms with Gasteiger partial charge in [-0.15, -0.1) is 0 Å².